The molecule has 0 spiro atoms. The van der Waals surface area contributed by atoms with Gasteiger partial charge in [-0.3, -0.25) is 0 Å². The Balaban J connectivity index is 2.47. The molecule has 0 radical (unpaired) electrons. The van der Waals surface area contributed by atoms with Gasteiger partial charge in [-0.2, -0.15) is 0 Å². The second-order valence-corrected chi connectivity index (χ2v) is 3.97. The van der Waals surface area contributed by atoms with Crippen LogP contribution in [0.15, 0.2) is 47.6 Å². The van der Waals surface area contributed by atoms with E-state index in [0.29, 0.717) is 5.75 Å². The minimum Gasteiger partial charge on any atom is -0.456 e. The number of hydrogen-bond acceptors (Lipinski definition) is 3. The van der Waals surface area contributed by atoms with E-state index in [4.69, 9.17) is 15.7 Å². The number of halogens is 1. The topological polar surface area (TPSA) is 67.8 Å². The van der Waals surface area contributed by atoms with Crippen molar-refractivity contribution in [1.82, 2.24) is 0 Å². The smallest absolute Gasteiger partial charge is 0.176 e. The van der Waals surface area contributed by atoms with Crippen LogP contribution in [0, 0.1) is 12.7 Å². The summed E-state index contributed by atoms with van der Waals surface area (Å²) in [4.78, 5) is 0. The maximum Gasteiger partial charge on any atom is 0.176 e. The van der Waals surface area contributed by atoms with Crippen molar-refractivity contribution >= 4 is 5.84 Å². The first-order valence-electron chi connectivity index (χ1n) is 5.63. The lowest BCUT2D eigenvalue weighted by Gasteiger charge is -2.12. The first-order chi connectivity index (χ1) is 9.13. The molecule has 0 atom stereocenters. The third-order valence-electron chi connectivity index (χ3n) is 2.65. The van der Waals surface area contributed by atoms with Gasteiger partial charge in [0.05, 0.1) is 5.56 Å². The second-order valence-electron chi connectivity index (χ2n) is 3.97. The van der Waals surface area contributed by atoms with Gasteiger partial charge in [-0.05, 0) is 30.7 Å². The summed E-state index contributed by atoms with van der Waals surface area (Å²) in [6, 6.07) is 11.6. The maximum absolute atomic E-state index is 13.7. The molecule has 0 bridgehead atoms. The van der Waals surface area contributed by atoms with Crippen molar-refractivity contribution in [3.05, 3.63) is 59.4 Å². The molecular weight excluding hydrogens is 247 g/mol. The van der Waals surface area contributed by atoms with E-state index in [9.17, 15) is 4.39 Å². The number of amidine groups is 1. The predicted molar refractivity (Wildman–Crippen MR) is 70.2 cm³/mol. The van der Waals surface area contributed by atoms with E-state index in [1.54, 1.807) is 12.1 Å². The van der Waals surface area contributed by atoms with Gasteiger partial charge in [0.25, 0.3) is 0 Å². The van der Waals surface area contributed by atoms with Crippen molar-refractivity contribution in [1.29, 1.82) is 0 Å². The highest BCUT2D eigenvalue weighted by atomic mass is 19.1. The van der Waals surface area contributed by atoms with Crippen LogP contribution in [0.3, 0.4) is 0 Å². The van der Waals surface area contributed by atoms with Crippen molar-refractivity contribution in [2.45, 2.75) is 6.92 Å². The molecule has 4 nitrogen and oxygen atoms in total. The summed E-state index contributed by atoms with van der Waals surface area (Å²) in [5, 5.41) is 11.5. The van der Waals surface area contributed by atoms with Gasteiger partial charge in [0.1, 0.15) is 17.3 Å². The first-order valence-corrected chi connectivity index (χ1v) is 5.63. The van der Waals surface area contributed by atoms with Crippen molar-refractivity contribution in [2.24, 2.45) is 10.9 Å². The lowest BCUT2D eigenvalue weighted by atomic mass is 10.1. The molecule has 0 aliphatic rings. The van der Waals surface area contributed by atoms with Crippen LogP contribution in [0.1, 0.15) is 11.1 Å². The fraction of sp³-hybridized carbons (Fsp3) is 0.0714. The predicted octanol–water partition coefficient (Wildman–Crippen LogP) is 3.02. The molecular formula is C14H13FN2O2. The van der Waals surface area contributed by atoms with Gasteiger partial charge in [-0.25, -0.2) is 4.39 Å². The maximum atomic E-state index is 13.7. The number of oxime groups is 1. The van der Waals surface area contributed by atoms with Gasteiger partial charge in [0.15, 0.2) is 5.84 Å². The van der Waals surface area contributed by atoms with E-state index in [1.165, 1.54) is 12.1 Å². The highest BCUT2D eigenvalue weighted by Crippen LogP contribution is 2.29. The fourth-order valence-electron chi connectivity index (χ4n) is 1.68. The quantitative estimate of drug-likeness (QED) is 0.386. The van der Waals surface area contributed by atoms with E-state index in [2.05, 4.69) is 5.16 Å². The molecule has 2 rings (SSSR count). The normalized spacial score (nSPS) is 11.4. The zero-order valence-corrected chi connectivity index (χ0v) is 10.3. The van der Waals surface area contributed by atoms with Gasteiger partial charge in [0, 0.05) is 0 Å². The molecule has 98 valence electrons. The molecule has 0 saturated heterocycles. The van der Waals surface area contributed by atoms with E-state index in [-0.39, 0.29) is 17.1 Å². The zero-order chi connectivity index (χ0) is 13.8. The minimum atomic E-state index is -0.610. The van der Waals surface area contributed by atoms with Crippen LogP contribution in [0.5, 0.6) is 11.5 Å². The van der Waals surface area contributed by atoms with Crippen LogP contribution in [-0.2, 0) is 0 Å². The zero-order valence-electron chi connectivity index (χ0n) is 10.3. The van der Waals surface area contributed by atoms with Crippen molar-refractivity contribution in [2.75, 3.05) is 0 Å². The van der Waals surface area contributed by atoms with Crippen LogP contribution in [0.4, 0.5) is 4.39 Å². The first kappa shape index (κ1) is 12.9. The SMILES string of the molecule is Cc1ccccc1Oc1cccc(F)c1C(N)=NO. The molecule has 0 aliphatic carbocycles. The number of hydrogen-bond donors (Lipinski definition) is 2. The Kier molecular flexibility index (Phi) is 3.66. The fourth-order valence-corrected chi connectivity index (χ4v) is 1.68. The minimum absolute atomic E-state index is 0.0618. The molecule has 0 aliphatic heterocycles. The van der Waals surface area contributed by atoms with Gasteiger partial charge < -0.3 is 15.7 Å². The Hall–Kier alpha value is -2.56. The lowest BCUT2D eigenvalue weighted by molar-refractivity contribution is 0.318. The number of rotatable bonds is 3. The average Bonchev–Trinajstić information content (AvgIpc) is 2.41. The van der Waals surface area contributed by atoms with Gasteiger partial charge in [0.2, 0.25) is 0 Å². The number of ether oxygens (including phenoxy) is 1. The summed E-state index contributed by atoms with van der Waals surface area (Å²) in [7, 11) is 0. The summed E-state index contributed by atoms with van der Waals surface area (Å²) in [6.45, 7) is 1.87. The standard InChI is InChI=1S/C14H13FN2O2/c1-9-5-2-3-7-11(9)19-12-8-4-6-10(15)13(12)14(16)17-18/h2-8,18H,1H3,(H2,16,17). The molecule has 0 fully saturated rings. The Labute approximate surface area is 109 Å². The monoisotopic (exact) mass is 260 g/mol. The third-order valence-corrected chi connectivity index (χ3v) is 2.65. The molecule has 3 N–H and O–H groups in total. The van der Waals surface area contributed by atoms with Gasteiger partial charge in [-0.1, -0.05) is 29.4 Å². The largest absolute Gasteiger partial charge is 0.456 e. The van der Waals surface area contributed by atoms with Crippen molar-refractivity contribution < 1.29 is 14.3 Å². The van der Waals surface area contributed by atoms with E-state index >= 15 is 0 Å². The molecule has 2 aromatic carbocycles. The van der Waals surface area contributed by atoms with Crippen LogP contribution < -0.4 is 10.5 Å². The number of aryl methyl sites for hydroxylation is 1. The van der Waals surface area contributed by atoms with Crippen LogP contribution in [0.2, 0.25) is 0 Å². The van der Waals surface area contributed by atoms with E-state index in [1.807, 2.05) is 25.1 Å². The summed E-state index contributed by atoms with van der Waals surface area (Å²) in [5.41, 5.74) is 6.31. The molecule has 0 saturated carbocycles. The highest BCUT2D eigenvalue weighted by molar-refractivity contribution is 5.99. The second kappa shape index (κ2) is 5.39. The van der Waals surface area contributed by atoms with Gasteiger partial charge in [-0.15, -0.1) is 0 Å². The molecule has 5 heteroatoms. The highest BCUT2D eigenvalue weighted by Gasteiger charge is 2.15. The van der Waals surface area contributed by atoms with Crippen LogP contribution >= 0.6 is 0 Å². The average molecular weight is 260 g/mol. The summed E-state index contributed by atoms with van der Waals surface area (Å²) < 4.78 is 19.4. The van der Waals surface area contributed by atoms with E-state index in [0.717, 1.165) is 5.56 Å². The van der Waals surface area contributed by atoms with Crippen molar-refractivity contribution in [3.63, 3.8) is 0 Å². The van der Waals surface area contributed by atoms with Crippen LogP contribution in [0.25, 0.3) is 0 Å². The lowest BCUT2D eigenvalue weighted by Crippen LogP contribution is -2.16. The summed E-state index contributed by atoms with van der Waals surface area (Å²) >= 11 is 0. The van der Waals surface area contributed by atoms with E-state index < -0.39 is 5.82 Å². The molecule has 19 heavy (non-hydrogen) atoms. The molecule has 2 aromatic rings. The third kappa shape index (κ3) is 2.65. The van der Waals surface area contributed by atoms with Gasteiger partial charge >= 0.3 is 0 Å². The Morgan fingerprint density at radius 1 is 1.16 bits per heavy atom. The number of benzene rings is 2. The molecule has 0 unspecified atom stereocenters. The Morgan fingerprint density at radius 2 is 1.84 bits per heavy atom. The number of nitrogens with two attached hydrogens (primary N) is 1. The molecule has 0 aromatic heterocycles. The van der Waals surface area contributed by atoms with Crippen molar-refractivity contribution in [3.8, 4) is 11.5 Å². The summed E-state index contributed by atoms with van der Waals surface area (Å²) in [6.07, 6.45) is 0. The number of nitrogens with zero attached hydrogens (tertiary/aromatic N) is 1. The Bertz CT molecular complexity index is 627. The summed E-state index contributed by atoms with van der Waals surface area (Å²) in [5.74, 6) is -0.159. The number of para-hydroxylation sites is 1. The molecule has 0 heterocycles. The molecule has 0 amide bonds. The van der Waals surface area contributed by atoms with Crippen LogP contribution in [-0.4, -0.2) is 11.0 Å². The Morgan fingerprint density at radius 3 is 2.53 bits per heavy atom.